The number of thiazole rings is 1. The van der Waals surface area contributed by atoms with Gasteiger partial charge in [-0.1, -0.05) is 6.92 Å². The van der Waals surface area contributed by atoms with Crippen LogP contribution in [-0.2, 0) is 0 Å². The summed E-state index contributed by atoms with van der Waals surface area (Å²) in [4.78, 5) is 20.3. The van der Waals surface area contributed by atoms with Gasteiger partial charge >= 0.3 is 5.97 Å². The van der Waals surface area contributed by atoms with Gasteiger partial charge in [0.1, 0.15) is 5.01 Å². The number of pyridine rings is 1. The number of carbonyl (C=O) groups is 1. The number of carboxylic acid groups (broad SMARTS) is 1. The summed E-state index contributed by atoms with van der Waals surface area (Å²) in [6.45, 7) is 4.09. The third-order valence-electron chi connectivity index (χ3n) is 3.67. The van der Waals surface area contributed by atoms with Gasteiger partial charge in [-0.3, -0.25) is 0 Å². The molecule has 0 aliphatic heterocycles. The van der Waals surface area contributed by atoms with Gasteiger partial charge in [0.05, 0.1) is 28.9 Å². The van der Waals surface area contributed by atoms with Crippen LogP contribution in [0, 0.1) is 0 Å². The van der Waals surface area contributed by atoms with E-state index in [0.717, 1.165) is 11.4 Å². The summed E-state index contributed by atoms with van der Waals surface area (Å²) in [6, 6.07) is 1.72. The summed E-state index contributed by atoms with van der Waals surface area (Å²) in [5, 5.41) is 17.1. The van der Waals surface area contributed by atoms with Gasteiger partial charge in [0.25, 0.3) is 0 Å². The average Bonchev–Trinajstić information content (AvgIpc) is 3.20. The fraction of sp³-hybridized carbons (Fsp3) is 0.250. The van der Waals surface area contributed by atoms with Crippen LogP contribution in [0.2, 0.25) is 0 Å². The van der Waals surface area contributed by atoms with Crippen LogP contribution in [0.5, 0.6) is 0 Å². The molecule has 3 aromatic heterocycles. The maximum atomic E-state index is 11.5. The lowest BCUT2D eigenvalue weighted by Crippen LogP contribution is -2.07. The zero-order valence-corrected chi connectivity index (χ0v) is 13.6. The standard InChI is InChI=1S/C16H16N4O2S/c1-3-10(2)20-15-13(9-18-20)12(16(21)22)8-11(19-15)4-5-14-17-6-7-23-14/h4-10H,3H2,1-2H3,(H,21,22). The average molecular weight is 328 g/mol. The van der Waals surface area contributed by atoms with Crippen molar-refractivity contribution in [1.82, 2.24) is 19.7 Å². The molecule has 0 spiro atoms. The third-order valence-corrected chi connectivity index (χ3v) is 4.41. The Morgan fingerprint density at radius 2 is 2.30 bits per heavy atom. The number of aromatic nitrogens is 4. The number of nitrogens with zero attached hydrogens (tertiary/aromatic N) is 4. The lowest BCUT2D eigenvalue weighted by molar-refractivity contribution is 0.0699. The van der Waals surface area contributed by atoms with E-state index in [1.54, 1.807) is 29.2 Å². The molecule has 6 nitrogen and oxygen atoms in total. The van der Waals surface area contributed by atoms with Crippen LogP contribution >= 0.6 is 11.3 Å². The molecule has 3 rings (SSSR count). The molecule has 1 unspecified atom stereocenters. The molecule has 0 saturated carbocycles. The Bertz CT molecular complexity index is 868. The predicted molar refractivity (Wildman–Crippen MR) is 90.5 cm³/mol. The fourth-order valence-corrected chi connectivity index (χ4v) is 2.80. The lowest BCUT2D eigenvalue weighted by atomic mass is 10.1. The molecule has 0 radical (unpaired) electrons. The smallest absolute Gasteiger partial charge is 0.336 e. The van der Waals surface area contributed by atoms with Crippen LogP contribution < -0.4 is 0 Å². The van der Waals surface area contributed by atoms with Gasteiger partial charge in [0.2, 0.25) is 0 Å². The number of aromatic carboxylic acids is 1. The van der Waals surface area contributed by atoms with E-state index in [1.807, 2.05) is 18.4 Å². The highest BCUT2D eigenvalue weighted by Gasteiger charge is 2.17. The number of rotatable bonds is 5. The monoisotopic (exact) mass is 328 g/mol. The van der Waals surface area contributed by atoms with Crippen LogP contribution in [0.4, 0.5) is 0 Å². The highest BCUT2D eigenvalue weighted by atomic mass is 32.1. The zero-order valence-electron chi connectivity index (χ0n) is 12.8. The van der Waals surface area contributed by atoms with E-state index in [2.05, 4.69) is 22.0 Å². The minimum absolute atomic E-state index is 0.153. The van der Waals surface area contributed by atoms with Crippen LogP contribution in [-0.4, -0.2) is 30.8 Å². The zero-order chi connectivity index (χ0) is 16.4. The van der Waals surface area contributed by atoms with Gasteiger partial charge in [0.15, 0.2) is 5.65 Å². The summed E-state index contributed by atoms with van der Waals surface area (Å²) in [5.74, 6) is -0.981. The summed E-state index contributed by atoms with van der Waals surface area (Å²) in [6.07, 6.45) is 7.79. The SMILES string of the molecule is CCC(C)n1ncc2c(C(=O)O)cc(C=Cc3nccs3)nc21. The van der Waals surface area contributed by atoms with Gasteiger partial charge in [0, 0.05) is 11.6 Å². The largest absolute Gasteiger partial charge is 0.478 e. The molecule has 118 valence electrons. The Balaban J connectivity index is 2.13. The van der Waals surface area contributed by atoms with Gasteiger partial charge < -0.3 is 5.11 Å². The molecule has 1 atom stereocenters. The Labute approximate surface area is 137 Å². The normalized spacial score (nSPS) is 13.0. The molecule has 0 fully saturated rings. The predicted octanol–water partition coefficient (Wildman–Crippen LogP) is 3.73. The van der Waals surface area contributed by atoms with E-state index >= 15 is 0 Å². The van der Waals surface area contributed by atoms with Crippen molar-refractivity contribution in [3.05, 3.63) is 40.1 Å². The first-order valence-electron chi connectivity index (χ1n) is 7.29. The van der Waals surface area contributed by atoms with Gasteiger partial charge in [-0.05, 0) is 31.6 Å². The highest BCUT2D eigenvalue weighted by molar-refractivity contribution is 7.10. The van der Waals surface area contributed by atoms with E-state index in [-0.39, 0.29) is 11.6 Å². The first-order valence-corrected chi connectivity index (χ1v) is 8.17. The minimum atomic E-state index is -0.981. The van der Waals surface area contributed by atoms with Crippen molar-refractivity contribution in [3.8, 4) is 0 Å². The molecule has 0 aromatic carbocycles. The number of hydrogen-bond donors (Lipinski definition) is 1. The van der Waals surface area contributed by atoms with Crippen molar-refractivity contribution in [2.45, 2.75) is 26.3 Å². The Hall–Kier alpha value is -2.54. The second kappa shape index (κ2) is 6.29. The van der Waals surface area contributed by atoms with Crippen LogP contribution in [0.3, 0.4) is 0 Å². The molecular formula is C16H16N4O2S. The molecule has 0 aliphatic carbocycles. The Morgan fingerprint density at radius 1 is 1.48 bits per heavy atom. The molecule has 23 heavy (non-hydrogen) atoms. The van der Waals surface area contributed by atoms with Crippen molar-refractivity contribution in [2.75, 3.05) is 0 Å². The lowest BCUT2D eigenvalue weighted by Gasteiger charge is -2.10. The topological polar surface area (TPSA) is 80.9 Å². The van der Waals surface area contributed by atoms with Crippen LogP contribution in [0.1, 0.15) is 47.4 Å². The van der Waals surface area contributed by atoms with E-state index < -0.39 is 5.97 Å². The molecule has 3 aromatic rings. The van der Waals surface area contributed by atoms with E-state index in [9.17, 15) is 9.90 Å². The maximum absolute atomic E-state index is 11.5. The quantitative estimate of drug-likeness (QED) is 0.772. The van der Waals surface area contributed by atoms with E-state index in [4.69, 9.17) is 0 Å². The van der Waals surface area contributed by atoms with Crippen molar-refractivity contribution in [2.24, 2.45) is 0 Å². The number of fused-ring (bicyclic) bond motifs is 1. The molecule has 0 amide bonds. The summed E-state index contributed by atoms with van der Waals surface area (Å²) in [5.41, 5.74) is 1.39. The Kier molecular flexibility index (Phi) is 4.20. The molecule has 3 heterocycles. The van der Waals surface area contributed by atoms with Gasteiger partial charge in [-0.15, -0.1) is 11.3 Å². The van der Waals surface area contributed by atoms with Gasteiger partial charge in [-0.2, -0.15) is 5.10 Å². The fourth-order valence-electron chi connectivity index (χ4n) is 2.27. The molecule has 0 saturated heterocycles. The second-order valence-electron chi connectivity index (χ2n) is 5.19. The summed E-state index contributed by atoms with van der Waals surface area (Å²) >= 11 is 1.51. The minimum Gasteiger partial charge on any atom is -0.478 e. The highest BCUT2D eigenvalue weighted by Crippen LogP contribution is 2.23. The van der Waals surface area contributed by atoms with Gasteiger partial charge in [-0.25, -0.2) is 19.4 Å². The first-order chi connectivity index (χ1) is 11.1. The first kappa shape index (κ1) is 15.4. The summed E-state index contributed by atoms with van der Waals surface area (Å²) in [7, 11) is 0. The summed E-state index contributed by atoms with van der Waals surface area (Å²) < 4.78 is 1.78. The van der Waals surface area contributed by atoms with Crippen LogP contribution in [0.25, 0.3) is 23.2 Å². The number of hydrogen-bond acceptors (Lipinski definition) is 5. The molecule has 1 N–H and O–H groups in total. The van der Waals surface area contributed by atoms with Crippen molar-refractivity contribution in [1.29, 1.82) is 0 Å². The molecular weight excluding hydrogens is 312 g/mol. The molecule has 7 heteroatoms. The van der Waals surface area contributed by atoms with Crippen molar-refractivity contribution >= 4 is 40.5 Å². The van der Waals surface area contributed by atoms with Crippen LogP contribution in [0.15, 0.2) is 23.8 Å². The molecule has 0 bridgehead atoms. The maximum Gasteiger partial charge on any atom is 0.336 e. The third kappa shape index (κ3) is 3.00. The Morgan fingerprint density at radius 3 is 2.96 bits per heavy atom. The van der Waals surface area contributed by atoms with E-state index in [1.165, 1.54) is 11.3 Å². The molecule has 0 aliphatic rings. The number of carboxylic acids is 1. The van der Waals surface area contributed by atoms with Crippen molar-refractivity contribution in [3.63, 3.8) is 0 Å². The second-order valence-corrected chi connectivity index (χ2v) is 6.11. The van der Waals surface area contributed by atoms with E-state index in [0.29, 0.717) is 16.7 Å². The van der Waals surface area contributed by atoms with Crippen molar-refractivity contribution < 1.29 is 9.90 Å².